The van der Waals surface area contributed by atoms with Crippen LogP contribution < -0.4 is 10.2 Å². The number of aryl methyl sites for hydroxylation is 1. The van der Waals surface area contributed by atoms with Gasteiger partial charge in [-0.25, -0.2) is 0 Å². The number of carboxylic acid groups (broad SMARTS) is 1. The SMILES string of the molecule is C=CCOc1ccc2c(=O)c3cccc(CC(=O)O)c3oc2c1C. The number of hydrogen-bond acceptors (Lipinski definition) is 4. The minimum absolute atomic E-state index is 0.183. The molecule has 0 fully saturated rings. The molecule has 1 heterocycles. The molecule has 0 aliphatic carbocycles. The average molecular weight is 324 g/mol. The molecule has 0 atom stereocenters. The molecule has 0 saturated heterocycles. The third kappa shape index (κ3) is 2.65. The van der Waals surface area contributed by atoms with E-state index in [4.69, 9.17) is 14.3 Å². The average Bonchev–Trinajstić information content (AvgIpc) is 2.55. The molecule has 0 bridgehead atoms. The highest BCUT2D eigenvalue weighted by Gasteiger charge is 2.15. The first-order valence-corrected chi connectivity index (χ1v) is 7.46. The van der Waals surface area contributed by atoms with E-state index in [9.17, 15) is 9.59 Å². The molecule has 3 aromatic rings. The van der Waals surface area contributed by atoms with Crippen LogP contribution in [0.5, 0.6) is 5.75 Å². The fourth-order valence-corrected chi connectivity index (χ4v) is 2.72. The Balaban J connectivity index is 2.33. The summed E-state index contributed by atoms with van der Waals surface area (Å²) < 4.78 is 11.5. The smallest absolute Gasteiger partial charge is 0.307 e. The Morgan fingerprint density at radius 2 is 2.00 bits per heavy atom. The maximum Gasteiger partial charge on any atom is 0.307 e. The number of aliphatic carboxylic acids is 1. The number of fused-ring (bicyclic) bond motifs is 2. The molecule has 5 nitrogen and oxygen atoms in total. The fourth-order valence-electron chi connectivity index (χ4n) is 2.72. The summed E-state index contributed by atoms with van der Waals surface area (Å²) in [5.74, 6) is -0.384. The zero-order chi connectivity index (χ0) is 17.3. The van der Waals surface area contributed by atoms with Gasteiger partial charge in [0.25, 0.3) is 0 Å². The lowest BCUT2D eigenvalue weighted by molar-refractivity contribution is -0.136. The van der Waals surface area contributed by atoms with Gasteiger partial charge >= 0.3 is 5.97 Å². The molecule has 0 amide bonds. The summed E-state index contributed by atoms with van der Waals surface area (Å²) in [6.07, 6.45) is 1.42. The first-order valence-electron chi connectivity index (χ1n) is 7.46. The second kappa shape index (κ2) is 6.20. The molecule has 0 aliphatic heterocycles. The Bertz CT molecular complexity index is 1010. The summed E-state index contributed by atoms with van der Waals surface area (Å²) in [6, 6.07) is 8.35. The predicted octanol–water partition coefficient (Wildman–Crippen LogP) is 3.45. The van der Waals surface area contributed by atoms with Gasteiger partial charge in [-0.1, -0.05) is 24.8 Å². The number of hydrogen-bond donors (Lipinski definition) is 1. The van der Waals surface area contributed by atoms with Gasteiger partial charge in [0.15, 0.2) is 0 Å². The van der Waals surface area contributed by atoms with Crippen LogP contribution in [0.25, 0.3) is 21.9 Å². The molecule has 5 heteroatoms. The Labute approximate surface area is 137 Å². The van der Waals surface area contributed by atoms with Crippen molar-refractivity contribution in [3.8, 4) is 5.75 Å². The summed E-state index contributed by atoms with van der Waals surface area (Å²) in [5, 5.41) is 9.87. The third-order valence-corrected chi connectivity index (χ3v) is 3.84. The second-order valence-corrected chi connectivity index (χ2v) is 5.46. The molecule has 1 aromatic heterocycles. The fraction of sp³-hybridized carbons (Fsp3) is 0.158. The zero-order valence-electron chi connectivity index (χ0n) is 13.2. The van der Waals surface area contributed by atoms with Crippen LogP contribution in [-0.2, 0) is 11.2 Å². The van der Waals surface area contributed by atoms with Crippen molar-refractivity contribution in [1.29, 1.82) is 0 Å². The van der Waals surface area contributed by atoms with Crippen LogP contribution in [0.4, 0.5) is 0 Å². The first kappa shape index (κ1) is 15.8. The van der Waals surface area contributed by atoms with E-state index in [1.807, 2.05) is 0 Å². The quantitative estimate of drug-likeness (QED) is 0.574. The van der Waals surface area contributed by atoms with Crippen LogP contribution in [0.3, 0.4) is 0 Å². The number of para-hydroxylation sites is 1. The van der Waals surface area contributed by atoms with Crippen LogP contribution in [0.15, 0.2) is 52.2 Å². The highest BCUT2D eigenvalue weighted by atomic mass is 16.5. The molecule has 24 heavy (non-hydrogen) atoms. The van der Waals surface area contributed by atoms with E-state index in [1.54, 1.807) is 43.3 Å². The van der Waals surface area contributed by atoms with Crippen molar-refractivity contribution >= 4 is 27.9 Å². The molecular weight excluding hydrogens is 308 g/mol. The van der Waals surface area contributed by atoms with Crippen LogP contribution in [0.1, 0.15) is 11.1 Å². The van der Waals surface area contributed by atoms with Gasteiger partial charge in [-0.3, -0.25) is 9.59 Å². The van der Waals surface area contributed by atoms with E-state index >= 15 is 0 Å². The molecule has 1 N–H and O–H groups in total. The van der Waals surface area contributed by atoms with Crippen LogP contribution in [-0.4, -0.2) is 17.7 Å². The maximum absolute atomic E-state index is 12.7. The molecule has 0 aliphatic rings. The van der Waals surface area contributed by atoms with Gasteiger partial charge in [0.05, 0.1) is 17.2 Å². The van der Waals surface area contributed by atoms with Gasteiger partial charge in [-0.2, -0.15) is 0 Å². The number of ether oxygens (including phenoxy) is 1. The van der Waals surface area contributed by atoms with E-state index < -0.39 is 5.97 Å². The molecule has 122 valence electrons. The van der Waals surface area contributed by atoms with E-state index in [2.05, 4.69) is 6.58 Å². The molecule has 3 rings (SSSR count). The Hall–Kier alpha value is -3.08. The molecule has 0 saturated carbocycles. The van der Waals surface area contributed by atoms with Gasteiger partial charge in [0, 0.05) is 11.1 Å². The second-order valence-electron chi connectivity index (χ2n) is 5.46. The lowest BCUT2D eigenvalue weighted by atomic mass is 10.0. The van der Waals surface area contributed by atoms with Gasteiger partial charge in [-0.15, -0.1) is 0 Å². The van der Waals surface area contributed by atoms with Crippen LogP contribution in [0.2, 0.25) is 0 Å². The number of benzene rings is 2. The van der Waals surface area contributed by atoms with Crippen molar-refractivity contribution in [2.75, 3.05) is 6.61 Å². The Morgan fingerprint density at radius 1 is 1.25 bits per heavy atom. The minimum Gasteiger partial charge on any atom is -0.489 e. The van der Waals surface area contributed by atoms with E-state index in [-0.39, 0.29) is 11.8 Å². The van der Waals surface area contributed by atoms with Crippen molar-refractivity contribution in [3.63, 3.8) is 0 Å². The largest absolute Gasteiger partial charge is 0.489 e. The Morgan fingerprint density at radius 3 is 2.71 bits per heavy atom. The maximum atomic E-state index is 12.7. The zero-order valence-corrected chi connectivity index (χ0v) is 13.2. The number of rotatable bonds is 5. The van der Waals surface area contributed by atoms with E-state index in [0.29, 0.717) is 45.4 Å². The normalized spacial score (nSPS) is 10.9. The van der Waals surface area contributed by atoms with Crippen molar-refractivity contribution in [1.82, 2.24) is 0 Å². The minimum atomic E-state index is -0.981. The predicted molar refractivity (Wildman–Crippen MR) is 91.8 cm³/mol. The summed E-state index contributed by atoms with van der Waals surface area (Å²) in [4.78, 5) is 23.8. The van der Waals surface area contributed by atoms with Gasteiger partial charge < -0.3 is 14.3 Å². The first-order chi connectivity index (χ1) is 11.5. The highest BCUT2D eigenvalue weighted by Crippen LogP contribution is 2.29. The summed E-state index contributed by atoms with van der Waals surface area (Å²) >= 11 is 0. The van der Waals surface area contributed by atoms with Gasteiger partial charge in [0.2, 0.25) is 5.43 Å². The van der Waals surface area contributed by atoms with E-state index in [1.165, 1.54) is 0 Å². The summed E-state index contributed by atoms with van der Waals surface area (Å²) in [5.41, 5.74) is 1.69. The van der Waals surface area contributed by atoms with Gasteiger partial charge in [0.1, 0.15) is 23.5 Å². The van der Waals surface area contributed by atoms with Crippen LogP contribution in [0, 0.1) is 6.92 Å². The topological polar surface area (TPSA) is 76.7 Å². The third-order valence-electron chi connectivity index (χ3n) is 3.84. The molecule has 0 spiro atoms. The van der Waals surface area contributed by atoms with Crippen molar-refractivity contribution in [2.45, 2.75) is 13.3 Å². The summed E-state index contributed by atoms with van der Waals surface area (Å²) in [7, 11) is 0. The standard InChI is InChI=1S/C19H16O5/c1-3-9-23-15-8-7-14-17(22)13-6-4-5-12(10-16(20)21)19(13)24-18(14)11(15)2/h3-8H,1,9-10H2,2H3,(H,20,21). The summed E-state index contributed by atoms with van der Waals surface area (Å²) in [6.45, 7) is 5.75. The molecule has 0 unspecified atom stereocenters. The lowest BCUT2D eigenvalue weighted by Gasteiger charge is -2.11. The van der Waals surface area contributed by atoms with Crippen LogP contribution >= 0.6 is 0 Å². The van der Waals surface area contributed by atoms with Crippen molar-refractivity contribution in [2.24, 2.45) is 0 Å². The number of carbonyl (C=O) groups is 1. The highest BCUT2D eigenvalue weighted by molar-refractivity contribution is 5.94. The van der Waals surface area contributed by atoms with E-state index in [0.717, 1.165) is 0 Å². The monoisotopic (exact) mass is 324 g/mol. The molecule has 2 aromatic carbocycles. The van der Waals surface area contributed by atoms with Crippen molar-refractivity contribution < 1.29 is 19.1 Å². The van der Waals surface area contributed by atoms with Crippen molar-refractivity contribution in [3.05, 3.63) is 64.3 Å². The Kier molecular flexibility index (Phi) is 4.08. The lowest BCUT2D eigenvalue weighted by Crippen LogP contribution is -2.07. The van der Waals surface area contributed by atoms with Gasteiger partial charge in [-0.05, 0) is 25.1 Å². The number of carboxylic acids is 1. The molecule has 0 radical (unpaired) electrons. The molecular formula is C19H16O5.